The number of carbonyl (C=O) groups excluding carboxylic acids is 1. The summed E-state index contributed by atoms with van der Waals surface area (Å²) in [5.41, 5.74) is 0. The molecule has 1 aliphatic carbocycles. The van der Waals surface area contributed by atoms with Crippen molar-refractivity contribution in [3.8, 4) is 0 Å². The van der Waals surface area contributed by atoms with Gasteiger partial charge in [0.2, 0.25) is 0 Å². The zero-order valence-electron chi connectivity index (χ0n) is 12.7. The van der Waals surface area contributed by atoms with Crippen molar-refractivity contribution in [2.45, 2.75) is 70.4 Å². The second-order valence-corrected chi connectivity index (χ2v) is 11.7. The molecular weight excluding hydrogens is 244 g/mol. The lowest BCUT2D eigenvalue weighted by atomic mass is 9.86. The molecule has 18 heavy (non-hydrogen) atoms. The standard InChI is InChI=1S/C14H28O3Si/c1-14(2,3)18(5,6)17-12-8-7-11(10-15)9-13(12)16-4/h10-13H,7-9H2,1-6H3/t11-,12-,13-/m1/s1. The Morgan fingerprint density at radius 1 is 1.17 bits per heavy atom. The Bertz CT molecular complexity index is 283. The number of hydrogen-bond donors (Lipinski definition) is 0. The van der Waals surface area contributed by atoms with Crippen molar-refractivity contribution in [3.63, 3.8) is 0 Å². The molecule has 3 atom stereocenters. The maximum atomic E-state index is 10.9. The van der Waals surface area contributed by atoms with E-state index in [1.807, 2.05) is 0 Å². The van der Waals surface area contributed by atoms with Crippen LogP contribution in [0.4, 0.5) is 0 Å². The van der Waals surface area contributed by atoms with Gasteiger partial charge in [0.05, 0.1) is 12.2 Å². The van der Waals surface area contributed by atoms with Gasteiger partial charge in [0.25, 0.3) is 0 Å². The van der Waals surface area contributed by atoms with Crippen LogP contribution in [0.25, 0.3) is 0 Å². The quantitative estimate of drug-likeness (QED) is 0.581. The first-order chi connectivity index (χ1) is 8.21. The molecule has 1 saturated carbocycles. The summed E-state index contributed by atoms with van der Waals surface area (Å²) < 4.78 is 12.0. The van der Waals surface area contributed by atoms with Gasteiger partial charge in [-0.05, 0) is 37.4 Å². The van der Waals surface area contributed by atoms with Gasteiger partial charge in [0, 0.05) is 13.0 Å². The molecule has 0 aromatic heterocycles. The van der Waals surface area contributed by atoms with Crippen LogP contribution >= 0.6 is 0 Å². The fraction of sp³-hybridized carbons (Fsp3) is 0.929. The molecule has 0 aliphatic heterocycles. The number of rotatable bonds is 4. The minimum Gasteiger partial charge on any atom is -0.411 e. The Morgan fingerprint density at radius 2 is 1.78 bits per heavy atom. The SMILES string of the molecule is CO[C@@H]1C[C@H](C=O)CC[C@H]1O[Si](C)(C)C(C)(C)C. The molecule has 0 spiro atoms. The molecule has 0 N–H and O–H groups in total. The summed E-state index contributed by atoms with van der Waals surface area (Å²) in [6.45, 7) is 11.3. The summed E-state index contributed by atoms with van der Waals surface area (Å²) in [4.78, 5) is 10.9. The van der Waals surface area contributed by atoms with E-state index in [1.54, 1.807) is 7.11 Å². The predicted octanol–water partition coefficient (Wildman–Crippen LogP) is 3.39. The Labute approximate surface area is 112 Å². The van der Waals surface area contributed by atoms with Crippen LogP contribution in [0.5, 0.6) is 0 Å². The van der Waals surface area contributed by atoms with E-state index < -0.39 is 8.32 Å². The highest BCUT2D eigenvalue weighted by Crippen LogP contribution is 2.39. The van der Waals surface area contributed by atoms with Crippen molar-refractivity contribution in [1.82, 2.24) is 0 Å². The lowest BCUT2D eigenvalue weighted by Gasteiger charge is -2.43. The smallest absolute Gasteiger partial charge is 0.192 e. The number of methoxy groups -OCH3 is 1. The van der Waals surface area contributed by atoms with Crippen LogP contribution in [0.2, 0.25) is 18.1 Å². The molecule has 0 saturated heterocycles. The van der Waals surface area contributed by atoms with Crippen molar-refractivity contribution >= 4 is 14.6 Å². The molecule has 0 aromatic carbocycles. The van der Waals surface area contributed by atoms with Crippen molar-refractivity contribution in [2.24, 2.45) is 5.92 Å². The lowest BCUT2D eigenvalue weighted by molar-refractivity contribution is -0.116. The van der Waals surface area contributed by atoms with Gasteiger partial charge in [-0.15, -0.1) is 0 Å². The summed E-state index contributed by atoms with van der Waals surface area (Å²) >= 11 is 0. The fourth-order valence-corrected chi connectivity index (χ4v) is 3.57. The third-order valence-corrected chi connectivity index (χ3v) is 9.02. The highest BCUT2D eigenvalue weighted by atomic mass is 28.4. The second-order valence-electron chi connectivity index (χ2n) is 6.90. The molecule has 0 amide bonds. The van der Waals surface area contributed by atoms with Crippen LogP contribution in [-0.4, -0.2) is 33.9 Å². The van der Waals surface area contributed by atoms with Gasteiger partial charge >= 0.3 is 0 Å². The number of ether oxygens (including phenoxy) is 1. The molecule has 1 aliphatic rings. The third-order valence-electron chi connectivity index (χ3n) is 4.52. The van der Waals surface area contributed by atoms with Crippen LogP contribution in [0.3, 0.4) is 0 Å². The molecule has 3 nitrogen and oxygen atoms in total. The minimum atomic E-state index is -1.75. The molecule has 1 rings (SSSR count). The van der Waals surface area contributed by atoms with Crippen LogP contribution in [0.1, 0.15) is 40.0 Å². The molecule has 1 fully saturated rings. The molecule has 0 bridgehead atoms. The van der Waals surface area contributed by atoms with E-state index >= 15 is 0 Å². The summed E-state index contributed by atoms with van der Waals surface area (Å²) in [7, 11) is -0.0288. The highest BCUT2D eigenvalue weighted by molar-refractivity contribution is 6.74. The molecule has 0 aromatic rings. The highest BCUT2D eigenvalue weighted by Gasteiger charge is 2.42. The Kier molecular flexibility index (Phi) is 5.15. The van der Waals surface area contributed by atoms with Gasteiger partial charge < -0.3 is 14.0 Å². The van der Waals surface area contributed by atoms with E-state index in [2.05, 4.69) is 33.9 Å². The topological polar surface area (TPSA) is 35.5 Å². The van der Waals surface area contributed by atoms with Crippen molar-refractivity contribution in [1.29, 1.82) is 0 Å². The van der Waals surface area contributed by atoms with E-state index in [4.69, 9.17) is 9.16 Å². The number of aldehydes is 1. The second kappa shape index (κ2) is 5.84. The first kappa shape index (κ1) is 15.9. The first-order valence-electron chi connectivity index (χ1n) is 6.87. The number of hydrogen-bond acceptors (Lipinski definition) is 3. The third kappa shape index (κ3) is 3.65. The average Bonchev–Trinajstić information content (AvgIpc) is 2.27. The van der Waals surface area contributed by atoms with Crippen molar-refractivity contribution in [3.05, 3.63) is 0 Å². The molecule has 0 heterocycles. The van der Waals surface area contributed by atoms with E-state index in [-0.39, 0.29) is 23.2 Å². The minimum absolute atomic E-state index is 0.0723. The van der Waals surface area contributed by atoms with Crippen LogP contribution < -0.4 is 0 Å². The fourth-order valence-electron chi connectivity index (χ4n) is 2.19. The zero-order valence-corrected chi connectivity index (χ0v) is 13.7. The van der Waals surface area contributed by atoms with Gasteiger partial charge in [-0.2, -0.15) is 0 Å². The van der Waals surface area contributed by atoms with E-state index in [0.29, 0.717) is 0 Å². The predicted molar refractivity (Wildman–Crippen MR) is 76.3 cm³/mol. The summed E-state index contributed by atoms with van der Waals surface area (Å²) in [5, 5.41) is 0.215. The molecular formula is C14H28O3Si. The van der Waals surface area contributed by atoms with Crippen molar-refractivity contribution < 1.29 is 14.0 Å². The van der Waals surface area contributed by atoms with Gasteiger partial charge in [-0.25, -0.2) is 0 Å². The van der Waals surface area contributed by atoms with Gasteiger partial charge in [0.15, 0.2) is 8.32 Å². The monoisotopic (exact) mass is 272 g/mol. The van der Waals surface area contributed by atoms with Gasteiger partial charge in [0.1, 0.15) is 6.29 Å². The molecule has 106 valence electrons. The van der Waals surface area contributed by atoms with Crippen molar-refractivity contribution in [2.75, 3.05) is 7.11 Å². The Morgan fingerprint density at radius 3 is 2.22 bits per heavy atom. The Hall–Kier alpha value is -0.193. The van der Waals surface area contributed by atoms with Gasteiger partial charge in [-0.3, -0.25) is 0 Å². The molecule has 0 unspecified atom stereocenters. The Balaban J connectivity index is 2.69. The summed E-state index contributed by atoms with van der Waals surface area (Å²) in [6, 6.07) is 0. The van der Waals surface area contributed by atoms with Crippen LogP contribution in [0, 0.1) is 5.92 Å². The average molecular weight is 272 g/mol. The molecule has 4 heteroatoms. The zero-order chi connectivity index (χ0) is 14.0. The van der Waals surface area contributed by atoms with Crippen LogP contribution in [-0.2, 0) is 14.0 Å². The number of carbonyl (C=O) groups is 1. The maximum Gasteiger partial charge on any atom is 0.192 e. The normalized spacial score (nSPS) is 30.2. The molecule has 0 radical (unpaired) electrons. The van der Waals surface area contributed by atoms with E-state index in [9.17, 15) is 4.79 Å². The first-order valence-corrected chi connectivity index (χ1v) is 9.78. The summed E-state index contributed by atoms with van der Waals surface area (Å²) in [5.74, 6) is 0.147. The van der Waals surface area contributed by atoms with E-state index in [0.717, 1.165) is 25.5 Å². The lowest BCUT2D eigenvalue weighted by Crippen LogP contribution is -2.49. The largest absolute Gasteiger partial charge is 0.411 e. The van der Waals surface area contributed by atoms with E-state index in [1.165, 1.54) is 0 Å². The maximum absolute atomic E-state index is 10.9. The summed E-state index contributed by atoms with van der Waals surface area (Å²) in [6.07, 6.45) is 3.97. The van der Waals surface area contributed by atoms with Crippen LogP contribution in [0.15, 0.2) is 0 Å². The van der Waals surface area contributed by atoms with Gasteiger partial charge in [-0.1, -0.05) is 20.8 Å².